The van der Waals surface area contributed by atoms with Gasteiger partial charge in [-0.3, -0.25) is 9.59 Å². The molecule has 9 heteroatoms. The molecule has 0 atom stereocenters. The SMILES string of the molecule is CN(C)c1ccc(C(=O)NCCCCCCCNC(=O)c2ccc(OC(F)(F)F)cc2)cc1. The third kappa shape index (κ3) is 9.84. The van der Waals surface area contributed by atoms with Gasteiger partial charge in [0.2, 0.25) is 0 Å². The van der Waals surface area contributed by atoms with Crippen LogP contribution < -0.4 is 20.3 Å². The lowest BCUT2D eigenvalue weighted by molar-refractivity contribution is -0.274. The van der Waals surface area contributed by atoms with Crippen LogP contribution in [0, 0.1) is 0 Å². The van der Waals surface area contributed by atoms with Crippen molar-refractivity contribution in [2.75, 3.05) is 32.1 Å². The van der Waals surface area contributed by atoms with E-state index in [-0.39, 0.29) is 23.1 Å². The first-order valence-electron chi connectivity index (χ1n) is 10.9. The van der Waals surface area contributed by atoms with E-state index >= 15 is 0 Å². The second kappa shape index (κ2) is 12.7. The van der Waals surface area contributed by atoms with Crippen molar-refractivity contribution in [3.8, 4) is 5.75 Å². The largest absolute Gasteiger partial charge is 0.573 e. The number of halogens is 3. The van der Waals surface area contributed by atoms with Crippen molar-refractivity contribution in [2.45, 2.75) is 38.5 Å². The number of alkyl halides is 3. The number of rotatable bonds is 12. The van der Waals surface area contributed by atoms with E-state index in [1.54, 1.807) is 0 Å². The summed E-state index contributed by atoms with van der Waals surface area (Å²) in [4.78, 5) is 26.1. The second-order valence-electron chi connectivity index (χ2n) is 7.79. The highest BCUT2D eigenvalue weighted by atomic mass is 19.4. The number of hydrogen-bond acceptors (Lipinski definition) is 4. The number of carbonyl (C=O) groups excluding carboxylic acids is 2. The Morgan fingerprint density at radius 2 is 1.18 bits per heavy atom. The van der Waals surface area contributed by atoms with E-state index in [4.69, 9.17) is 0 Å². The number of amides is 2. The fraction of sp³-hybridized carbons (Fsp3) is 0.417. The van der Waals surface area contributed by atoms with Gasteiger partial charge < -0.3 is 20.3 Å². The van der Waals surface area contributed by atoms with Crippen LogP contribution in [-0.4, -0.2) is 45.4 Å². The zero-order chi connectivity index (χ0) is 24.3. The van der Waals surface area contributed by atoms with Gasteiger partial charge in [-0.15, -0.1) is 13.2 Å². The molecule has 2 aromatic rings. The van der Waals surface area contributed by atoms with Crippen molar-refractivity contribution in [3.63, 3.8) is 0 Å². The Labute approximate surface area is 192 Å². The summed E-state index contributed by atoms with van der Waals surface area (Å²) in [7, 11) is 3.89. The van der Waals surface area contributed by atoms with Gasteiger partial charge >= 0.3 is 6.36 Å². The van der Waals surface area contributed by atoms with Crippen LogP contribution in [-0.2, 0) is 0 Å². The van der Waals surface area contributed by atoms with Crippen molar-refractivity contribution in [1.82, 2.24) is 10.6 Å². The highest BCUT2D eigenvalue weighted by Crippen LogP contribution is 2.22. The van der Waals surface area contributed by atoms with Crippen molar-refractivity contribution >= 4 is 17.5 Å². The van der Waals surface area contributed by atoms with Gasteiger partial charge in [-0.25, -0.2) is 0 Å². The predicted molar refractivity (Wildman–Crippen MR) is 122 cm³/mol. The van der Waals surface area contributed by atoms with Gasteiger partial charge in [0.25, 0.3) is 11.8 Å². The molecule has 0 bridgehead atoms. The number of benzene rings is 2. The number of nitrogens with zero attached hydrogens (tertiary/aromatic N) is 1. The molecule has 33 heavy (non-hydrogen) atoms. The summed E-state index contributed by atoms with van der Waals surface area (Å²) in [5, 5.41) is 5.67. The normalized spacial score (nSPS) is 11.1. The molecule has 0 aliphatic heterocycles. The zero-order valence-corrected chi connectivity index (χ0v) is 18.9. The van der Waals surface area contributed by atoms with Crippen LogP contribution in [0.2, 0.25) is 0 Å². The van der Waals surface area contributed by atoms with Crippen LogP contribution in [0.1, 0.15) is 52.8 Å². The summed E-state index contributed by atoms with van der Waals surface area (Å²) >= 11 is 0. The van der Waals surface area contributed by atoms with E-state index in [0.717, 1.165) is 49.9 Å². The Kier molecular flexibility index (Phi) is 10.0. The Balaban J connectivity index is 1.52. The molecule has 0 spiro atoms. The lowest BCUT2D eigenvalue weighted by Gasteiger charge is -2.12. The Hall–Kier alpha value is -3.23. The van der Waals surface area contributed by atoms with E-state index in [0.29, 0.717) is 18.7 Å². The van der Waals surface area contributed by atoms with Crippen molar-refractivity contribution in [1.29, 1.82) is 0 Å². The second-order valence-corrected chi connectivity index (χ2v) is 7.79. The van der Waals surface area contributed by atoms with Crippen molar-refractivity contribution in [2.24, 2.45) is 0 Å². The molecule has 0 radical (unpaired) electrons. The van der Waals surface area contributed by atoms with Crippen LogP contribution in [0.4, 0.5) is 18.9 Å². The summed E-state index contributed by atoms with van der Waals surface area (Å²) < 4.78 is 40.2. The number of hydrogen-bond donors (Lipinski definition) is 2. The predicted octanol–water partition coefficient (Wildman–Crippen LogP) is 4.76. The smallest absolute Gasteiger partial charge is 0.406 e. The summed E-state index contributed by atoms with van der Waals surface area (Å²) in [5.74, 6) is -0.784. The maximum atomic E-state index is 12.2. The van der Waals surface area contributed by atoms with Crippen LogP contribution >= 0.6 is 0 Å². The molecule has 180 valence electrons. The number of ether oxygens (including phenoxy) is 1. The van der Waals surface area contributed by atoms with Crippen molar-refractivity contribution < 1.29 is 27.5 Å². The minimum atomic E-state index is -4.76. The quantitative estimate of drug-likeness (QED) is 0.444. The van der Waals surface area contributed by atoms with E-state index in [2.05, 4.69) is 15.4 Å². The third-order valence-electron chi connectivity index (χ3n) is 4.92. The summed E-state index contributed by atoms with van der Waals surface area (Å²) in [5.41, 5.74) is 1.95. The maximum Gasteiger partial charge on any atom is 0.573 e. The van der Waals surface area contributed by atoms with E-state index in [1.807, 2.05) is 43.3 Å². The standard InChI is InChI=1S/C24H30F3N3O3/c1-30(2)20-12-8-18(9-13-20)22(31)28-16-6-4-3-5-7-17-29-23(32)19-10-14-21(15-11-19)33-24(25,26)27/h8-15H,3-7,16-17H2,1-2H3,(H,28,31)(H,29,32). The fourth-order valence-corrected chi connectivity index (χ4v) is 3.11. The molecule has 0 aliphatic rings. The highest BCUT2D eigenvalue weighted by molar-refractivity contribution is 5.94. The molecule has 0 fully saturated rings. The van der Waals surface area contributed by atoms with Gasteiger partial charge in [-0.05, 0) is 61.4 Å². The lowest BCUT2D eigenvalue weighted by Crippen LogP contribution is -2.25. The molecule has 2 N–H and O–H groups in total. The molecule has 2 aromatic carbocycles. The van der Waals surface area contributed by atoms with Crippen LogP contribution in [0.25, 0.3) is 0 Å². The van der Waals surface area contributed by atoms with Crippen LogP contribution in [0.5, 0.6) is 5.75 Å². The third-order valence-corrected chi connectivity index (χ3v) is 4.92. The fourth-order valence-electron chi connectivity index (χ4n) is 3.11. The van der Waals surface area contributed by atoms with Gasteiger partial charge in [-0.1, -0.05) is 19.3 Å². The molecule has 0 saturated heterocycles. The molecule has 0 aliphatic carbocycles. The molecule has 0 aromatic heterocycles. The van der Waals surface area contributed by atoms with Gasteiger partial charge in [0.1, 0.15) is 5.75 Å². The van der Waals surface area contributed by atoms with E-state index < -0.39 is 6.36 Å². The minimum absolute atomic E-state index is 0.0824. The minimum Gasteiger partial charge on any atom is -0.406 e. The van der Waals surface area contributed by atoms with Crippen LogP contribution in [0.3, 0.4) is 0 Å². The average Bonchev–Trinajstić information content (AvgIpc) is 2.77. The molecule has 2 amide bonds. The van der Waals surface area contributed by atoms with E-state index in [1.165, 1.54) is 12.1 Å². The number of carbonyl (C=O) groups is 2. The zero-order valence-electron chi connectivity index (χ0n) is 18.9. The van der Waals surface area contributed by atoms with Gasteiger partial charge in [0.15, 0.2) is 0 Å². The first-order chi connectivity index (χ1) is 15.7. The average molecular weight is 466 g/mol. The summed E-state index contributed by atoms with van der Waals surface area (Å²) in [6.07, 6.45) is -0.209. The Morgan fingerprint density at radius 1 is 0.758 bits per heavy atom. The first-order valence-corrected chi connectivity index (χ1v) is 10.9. The van der Waals surface area contributed by atoms with Gasteiger partial charge in [0, 0.05) is 44.0 Å². The summed E-state index contributed by atoms with van der Waals surface area (Å²) in [6, 6.07) is 12.2. The monoisotopic (exact) mass is 465 g/mol. The highest BCUT2D eigenvalue weighted by Gasteiger charge is 2.31. The van der Waals surface area contributed by atoms with E-state index in [9.17, 15) is 22.8 Å². The lowest BCUT2D eigenvalue weighted by atomic mass is 10.1. The topological polar surface area (TPSA) is 70.7 Å². The molecule has 0 heterocycles. The maximum absolute atomic E-state index is 12.2. The van der Waals surface area contributed by atoms with Gasteiger partial charge in [0.05, 0.1) is 0 Å². The molecule has 0 saturated carbocycles. The molecule has 2 rings (SSSR count). The molecule has 6 nitrogen and oxygen atoms in total. The number of unbranched alkanes of at least 4 members (excludes halogenated alkanes) is 4. The Bertz CT molecular complexity index is 883. The molecule has 0 unspecified atom stereocenters. The first kappa shape index (κ1) is 26.0. The summed E-state index contributed by atoms with van der Waals surface area (Å²) in [6.45, 7) is 1.10. The molecular formula is C24H30F3N3O3. The van der Waals surface area contributed by atoms with Crippen LogP contribution in [0.15, 0.2) is 48.5 Å². The molecular weight excluding hydrogens is 435 g/mol. The van der Waals surface area contributed by atoms with Crippen molar-refractivity contribution in [3.05, 3.63) is 59.7 Å². The van der Waals surface area contributed by atoms with Gasteiger partial charge in [-0.2, -0.15) is 0 Å². The Morgan fingerprint density at radius 3 is 1.61 bits per heavy atom. The number of anilines is 1. The number of nitrogens with one attached hydrogen (secondary N) is 2.